The molecule has 1 atom stereocenters. The van der Waals surface area contributed by atoms with Crippen LogP contribution in [-0.4, -0.2) is 44.0 Å². The Labute approximate surface area is 147 Å². The molecule has 1 unspecified atom stereocenters. The summed E-state index contributed by atoms with van der Waals surface area (Å²) in [5.74, 6) is -0.479. The third-order valence-corrected chi connectivity index (χ3v) is 4.09. The van der Waals surface area contributed by atoms with Gasteiger partial charge in [-0.05, 0) is 18.1 Å². The van der Waals surface area contributed by atoms with Crippen molar-refractivity contribution in [1.29, 1.82) is 0 Å². The number of halogens is 1. The summed E-state index contributed by atoms with van der Waals surface area (Å²) in [6, 6.07) is 5.77. The smallest absolute Gasteiger partial charge is 0.325 e. The Balaban J connectivity index is 1.56. The van der Waals surface area contributed by atoms with Crippen molar-refractivity contribution in [1.82, 2.24) is 25.4 Å². The lowest BCUT2D eigenvalue weighted by Gasteiger charge is -2.14. The van der Waals surface area contributed by atoms with Crippen LogP contribution < -0.4 is 10.6 Å². The minimum atomic E-state index is -0.740. The molecule has 0 aliphatic carbocycles. The summed E-state index contributed by atoms with van der Waals surface area (Å²) in [6.07, 6.45) is 1.50. The first-order valence-electron chi connectivity index (χ1n) is 7.55. The molecule has 1 saturated heterocycles. The van der Waals surface area contributed by atoms with Crippen LogP contribution in [0.3, 0.4) is 0 Å². The molecule has 9 nitrogen and oxygen atoms in total. The number of nitrogens with zero attached hydrogens (tertiary/aromatic N) is 3. The minimum absolute atomic E-state index is 0.0529. The number of hydrogen-bond donors (Lipinski definition) is 3. The van der Waals surface area contributed by atoms with E-state index in [-0.39, 0.29) is 37.1 Å². The van der Waals surface area contributed by atoms with Crippen LogP contribution in [0.1, 0.15) is 18.4 Å². The van der Waals surface area contributed by atoms with Gasteiger partial charge >= 0.3 is 6.03 Å². The Bertz CT molecular complexity index is 794. The molecule has 0 radical (unpaired) electrons. The molecule has 130 valence electrons. The van der Waals surface area contributed by atoms with E-state index in [4.69, 9.17) is 11.6 Å². The predicted octanol–water partition coefficient (Wildman–Crippen LogP) is 1.30. The lowest BCUT2D eigenvalue weighted by atomic mass is 10.1. The van der Waals surface area contributed by atoms with Crippen LogP contribution >= 0.6 is 11.6 Å². The minimum Gasteiger partial charge on any atom is -0.326 e. The van der Waals surface area contributed by atoms with Crippen LogP contribution in [-0.2, 0) is 16.1 Å². The number of rotatable bonds is 6. The molecule has 3 N–H and O–H groups in total. The van der Waals surface area contributed by atoms with Crippen molar-refractivity contribution in [2.75, 3.05) is 5.32 Å². The van der Waals surface area contributed by atoms with Gasteiger partial charge in [0.05, 0.1) is 6.54 Å². The van der Waals surface area contributed by atoms with Gasteiger partial charge in [0.25, 0.3) is 5.91 Å². The highest BCUT2D eigenvalue weighted by molar-refractivity contribution is 6.31. The normalized spacial score (nSPS) is 16.8. The summed E-state index contributed by atoms with van der Waals surface area (Å²) in [5, 5.41) is 11.7. The number of carbonyl (C=O) groups is 3. The van der Waals surface area contributed by atoms with Crippen LogP contribution in [0.2, 0.25) is 5.02 Å². The predicted molar refractivity (Wildman–Crippen MR) is 88.6 cm³/mol. The van der Waals surface area contributed by atoms with Crippen LogP contribution in [0.4, 0.5) is 10.7 Å². The fraction of sp³-hybridized carbons (Fsp3) is 0.267. The monoisotopic (exact) mass is 362 g/mol. The summed E-state index contributed by atoms with van der Waals surface area (Å²) in [7, 11) is 0. The molecule has 10 heteroatoms. The zero-order chi connectivity index (χ0) is 17.8. The van der Waals surface area contributed by atoms with Crippen LogP contribution in [0.15, 0.2) is 30.6 Å². The number of urea groups is 1. The molecule has 1 aromatic heterocycles. The van der Waals surface area contributed by atoms with Crippen molar-refractivity contribution in [3.05, 3.63) is 41.2 Å². The Morgan fingerprint density at radius 1 is 1.32 bits per heavy atom. The first-order chi connectivity index (χ1) is 12.0. The van der Waals surface area contributed by atoms with E-state index < -0.39 is 12.1 Å². The Morgan fingerprint density at radius 2 is 2.12 bits per heavy atom. The number of carbonyl (C=O) groups excluding carboxylic acids is 3. The molecule has 1 aliphatic heterocycles. The van der Waals surface area contributed by atoms with Gasteiger partial charge in [-0.2, -0.15) is 10.1 Å². The van der Waals surface area contributed by atoms with E-state index in [1.165, 1.54) is 6.33 Å². The Kier molecular flexibility index (Phi) is 4.94. The maximum atomic E-state index is 12.4. The molecular formula is C15H15ClN6O3. The topological polar surface area (TPSA) is 120 Å². The fourth-order valence-electron chi connectivity index (χ4n) is 2.45. The van der Waals surface area contributed by atoms with Gasteiger partial charge in [-0.25, -0.2) is 9.89 Å². The van der Waals surface area contributed by atoms with E-state index in [2.05, 4.69) is 25.8 Å². The Morgan fingerprint density at radius 3 is 2.84 bits per heavy atom. The zero-order valence-corrected chi connectivity index (χ0v) is 13.8. The number of hydrogen-bond acceptors (Lipinski definition) is 5. The number of imide groups is 1. The van der Waals surface area contributed by atoms with E-state index in [0.29, 0.717) is 10.6 Å². The average molecular weight is 363 g/mol. The maximum absolute atomic E-state index is 12.4. The molecule has 1 aliphatic rings. The quantitative estimate of drug-likeness (QED) is 0.669. The molecule has 25 heavy (non-hydrogen) atoms. The number of benzene rings is 1. The molecule has 1 fully saturated rings. The van der Waals surface area contributed by atoms with Gasteiger partial charge in [-0.1, -0.05) is 29.8 Å². The van der Waals surface area contributed by atoms with E-state index in [0.717, 1.165) is 4.90 Å². The number of aromatic amines is 1. The van der Waals surface area contributed by atoms with E-state index in [9.17, 15) is 14.4 Å². The van der Waals surface area contributed by atoms with Gasteiger partial charge in [-0.3, -0.25) is 19.8 Å². The second-order valence-electron chi connectivity index (χ2n) is 5.44. The largest absolute Gasteiger partial charge is 0.326 e. The van der Waals surface area contributed by atoms with E-state index in [1.807, 2.05) is 0 Å². The average Bonchev–Trinajstić information content (AvgIpc) is 3.18. The van der Waals surface area contributed by atoms with Gasteiger partial charge in [0.15, 0.2) is 0 Å². The lowest BCUT2D eigenvalue weighted by molar-refractivity contribution is -0.128. The van der Waals surface area contributed by atoms with E-state index >= 15 is 0 Å². The third kappa shape index (κ3) is 3.94. The standard InChI is InChI=1S/C15H15ClN6O3/c16-10-4-2-1-3-9(10)7-22-13(24)11(19-15(22)25)5-6-12(23)20-14-17-8-18-21-14/h1-4,8,11H,5-7H2,(H,19,25)(H2,17,18,20,21,23). The van der Waals surface area contributed by atoms with Gasteiger partial charge in [-0.15, -0.1) is 0 Å². The van der Waals surface area contributed by atoms with Crippen molar-refractivity contribution in [3.63, 3.8) is 0 Å². The number of nitrogens with one attached hydrogen (secondary N) is 3. The molecule has 2 heterocycles. The van der Waals surface area contributed by atoms with Crippen molar-refractivity contribution >= 4 is 35.4 Å². The van der Waals surface area contributed by atoms with Crippen molar-refractivity contribution in [2.45, 2.75) is 25.4 Å². The summed E-state index contributed by atoms with van der Waals surface area (Å²) < 4.78 is 0. The van der Waals surface area contributed by atoms with Gasteiger partial charge < -0.3 is 5.32 Å². The van der Waals surface area contributed by atoms with Crippen molar-refractivity contribution < 1.29 is 14.4 Å². The summed E-state index contributed by atoms with van der Waals surface area (Å²) in [5.41, 5.74) is 0.677. The molecule has 4 amide bonds. The second-order valence-corrected chi connectivity index (χ2v) is 5.85. The van der Waals surface area contributed by atoms with E-state index in [1.54, 1.807) is 24.3 Å². The number of aromatic nitrogens is 3. The Hall–Kier alpha value is -2.94. The molecule has 1 aromatic carbocycles. The lowest BCUT2D eigenvalue weighted by Crippen LogP contribution is -2.31. The first kappa shape index (κ1) is 16.9. The highest BCUT2D eigenvalue weighted by Gasteiger charge is 2.38. The SMILES string of the molecule is O=C(CCC1NC(=O)N(Cc2ccccc2Cl)C1=O)Nc1ncn[nH]1. The van der Waals surface area contributed by atoms with Crippen LogP contribution in [0, 0.1) is 0 Å². The zero-order valence-electron chi connectivity index (χ0n) is 13.0. The maximum Gasteiger partial charge on any atom is 0.325 e. The highest BCUT2D eigenvalue weighted by Crippen LogP contribution is 2.20. The van der Waals surface area contributed by atoms with Crippen molar-refractivity contribution in [2.24, 2.45) is 0 Å². The molecule has 0 bridgehead atoms. The third-order valence-electron chi connectivity index (χ3n) is 3.73. The summed E-state index contributed by atoms with van der Waals surface area (Å²) in [6.45, 7) is 0.0884. The molecule has 0 saturated carbocycles. The first-order valence-corrected chi connectivity index (χ1v) is 7.93. The number of amides is 4. The van der Waals surface area contributed by atoms with Crippen LogP contribution in [0.25, 0.3) is 0 Å². The second kappa shape index (κ2) is 7.31. The summed E-state index contributed by atoms with van der Waals surface area (Å²) >= 11 is 6.07. The fourth-order valence-corrected chi connectivity index (χ4v) is 2.65. The number of anilines is 1. The van der Waals surface area contributed by atoms with Crippen molar-refractivity contribution in [3.8, 4) is 0 Å². The van der Waals surface area contributed by atoms with Gasteiger partial charge in [0.2, 0.25) is 11.9 Å². The van der Waals surface area contributed by atoms with Crippen LogP contribution in [0.5, 0.6) is 0 Å². The molecule has 0 spiro atoms. The van der Waals surface area contributed by atoms with Gasteiger partial charge in [0, 0.05) is 11.4 Å². The summed E-state index contributed by atoms with van der Waals surface area (Å²) in [4.78, 5) is 41.1. The molecular weight excluding hydrogens is 348 g/mol. The highest BCUT2D eigenvalue weighted by atomic mass is 35.5. The number of H-pyrrole nitrogens is 1. The molecule has 3 rings (SSSR count). The van der Waals surface area contributed by atoms with Gasteiger partial charge in [0.1, 0.15) is 12.4 Å². The molecule has 2 aromatic rings.